The van der Waals surface area contributed by atoms with Crippen molar-refractivity contribution in [2.45, 2.75) is 32.2 Å². The van der Waals surface area contributed by atoms with Crippen LogP contribution in [0.4, 0.5) is 0 Å². The molecular weight excluding hydrogens is 280 g/mol. The van der Waals surface area contributed by atoms with Gasteiger partial charge < -0.3 is 9.73 Å². The summed E-state index contributed by atoms with van der Waals surface area (Å²) in [5.41, 5.74) is 2.77. The number of fused-ring (bicyclic) bond motifs is 1. The van der Waals surface area contributed by atoms with Crippen molar-refractivity contribution >= 4 is 11.6 Å². The van der Waals surface area contributed by atoms with Gasteiger partial charge in [0.1, 0.15) is 11.4 Å². The minimum absolute atomic E-state index is 0.111. The number of aryl methyl sites for hydroxylation is 1. The lowest BCUT2D eigenvalue weighted by Gasteiger charge is -2.06. The molecule has 0 spiro atoms. The van der Waals surface area contributed by atoms with E-state index in [0.717, 1.165) is 25.0 Å². The van der Waals surface area contributed by atoms with E-state index >= 15 is 0 Å². The molecule has 1 aliphatic carbocycles. The molecule has 1 saturated carbocycles. The molecule has 0 bridgehead atoms. The second-order valence-electron chi connectivity index (χ2n) is 5.51. The van der Waals surface area contributed by atoms with Crippen LogP contribution in [-0.4, -0.2) is 26.5 Å². The Morgan fingerprint density at radius 2 is 2.32 bits per heavy atom. The van der Waals surface area contributed by atoms with Gasteiger partial charge in [-0.25, -0.2) is 9.50 Å². The van der Waals surface area contributed by atoms with Crippen molar-refractivity contribution in [3.63, 3.8) is 0 Å². The Hall–Kier alpha value is -2.63. The van der Waals surface area contributed by atoms with E-state index in [1.54, 1.807) is 10.8 Å². The smallest absolute Gasteiger partial charge is 0.270 e. The van der Waals surface area contributed by atoms with Crippen LogP contribution >= 0.6 is 0 Å². The topological polar surface area (TPSA) is 72.4 Å². The van der Waals surface area contributed by atoms with E-state index in [-0.39, 0.29) is 5.91 Å². The Labute approximate surface area is 127 Å². The summed E-state index contributed by atoms with van der Waals surface area (Å²) >= 11 is 0. The molecule has 3 aromatic rings. The lowest BCUT2D eigenvalue weighted by Crippen LogP contribution is -2.26. The first-order valence-electron chi connectivity index (χ1n) is 7.49. The van der Waals surface area contributed by atoms with Crippen molar-refractivity contribution in [2.24, 2.45) is 0 Å². The summed E-state index contributed by atoms with van der Waals surface area (Å²) in [5.74, 6) is 0.581. The molecule has 0 saturated heterocycles. The third kappa shape index (κ3) is 2.26. The van der Waals surface area contributed by atoms with Crippen LogP contribution in [0.1, 0.15) is 35.9 Å². The molecule has 3 aromatic heterocycles. The van der Waals surface area contributed by atoms with Crippen molar-refractivity contribution in [1.29, 1.82) is 0 Å². The third-order valence-corrected chi connectivity index (χ3v) is 3.78. The molecule has 22 heavy (non-hydrogen) atoms. The van der Waals surface area contributed by atoms with Gasteiger partial charge in [-0.05, 0) is 37.5 Å². The van der Waals surface area contributed by atoms with Crippen molar-refractivity contribution in [2.75, 3.05) is 0 Å². The summed E-state index contributed by atoms with van der Waals surface area (Å²) in [6, 6.07) is 7.64. The molecule has 0 unspecified atom stereocenters. The number of furan rings is 1. The van der Waals surface area contributed by atoms with E-state index in [2.05, 4.69) is 15.4 Å². The van der Waals surface area contributed by atoms with Crippen LogP contribution in [0.3, 0.4) is 0 Å². The second-order valence-corrected chi connectivity index (χ2v) is 5.51. The summed E-state index contributed by atoms with van der Waals surface area (Å²) in [4.78, 5) is 16.7. The number of carbonyl (C=O) groups excluding carboxylic acids is 1. The quantitative estimate of drug-likeness (QED) is 0.802. The van der Waals surface area contributed by atoms with Crippen molar-refractivity contribution < 1.29 is 9.21 Å². The number of hydrogen-bond acceptors (Lipinski definition) is 4. The van der Waals surface area contributed by atoms with Crippen LogP contribution < -0.4 is 5.32 Å². The van der Waals surface area contributed by atoms with Gasteiger partial charge in [-0.15, -0.1) is 0 Å². The standard InChI is InChI=1S/C16H16N4O2/c1-2-11-8-13(16(21)17-10-5-6-10)18-15-9-12(19-20(11)15)14-4-3-7-22-14/h3-4,7-10H,2,5-6H2,1H3,(H,17,21). The lowest BCUT2D eigenvalue weighted by molar-refractivity contribution is 0.0946. The number of nitrogens with one attached hydrogen (secondary N) is 1. The van der Waals surface area contributed by atoms with Crippen molar-refractivity contribution in [3.8, 4) is 11.5 Å². The summed E-state index contributed by atoms with van der Waals surface area (Å²) in [5, 5.41) is 7.50. The van der Waals surface area contributed by atoms with E-state index in [0.29, 0.717) is 28.8 Å². The Morgan fingerprint density at radius 3 is 3.00 bits per heavy atom. The zero-order valence-corrected chi connectivity index (χ0v) is 12.2. The summed E-state index contributed by atoms with van der Waals surface area (Å²) in [6.45, 7) is 2.03. The van der Waals surface area contributed by atoms with Gasteiger partial charge in [0.15, 0.2) is 11.4 Å². The largest absolute Gasteiger partial charge is 0.463 e. The second kappa shape index (κ2) is 4.98. The average Bonchev–Trinajstić information content (AvgIpc) is 3.04. The number of rotatable bonds is 4. The van der Waals surface area contributed by atoms with Gasteiger partial charge in [0.05, 0.1) is 6.26 Å². The highest BCUT2D eigenvalue weighted by molar-refractivity contribution is 5.93. The van der Waals surface area contributed by atoms with Gasteiger partial charge in [0.2, 0.25) is 0 Å². The highest BCUT2D eigenvalue weighted by Gasteiger charge is 2.25. The van der Waals surface area contributed by atoms with Crippen molar-refractivity contribution in [3.05, 3.63) is 41.9 Å². The maximum atomic E-state index is 12.2. The Bertz CT molecular complexity index is 831. The maximum absolute atomic E-state index is 12.2. The first-order valence-corrected chi connectivity index (χ1v) is 7.49. The highest BCUT2D eigenvalue weighted by atomic mass is 16.3. The van der Waals surface area contributed by atoms with E-state index in [4.69, 9.17) is 4.42 Å². The number of carbonyl (C=O) groups is 1. The molecule has 6 nitrogen and oxygen atoms in total. The summed E-state index contributed by atoms with van der Waals surface area (Å²) in [6.07, 6.45) is 4.50. The number of nitrogens with zero attached hydrogens (tertiary/aromatic N) is 3. The molecule has 6 heteroatoms. The van der Waals surface area contributed by atoms with E-state index in [1.807, 2.05) is 31.2 Å². The lowest BCUT2D eigenvalue weighted by atomic mass is 10.2. The SMILES string of the molecule is CCc1cc(C(=O)NC2CC2)nc2cc(-c3ccco3)nn12. The fraction of sp³-hybridized carbons (Fsp3) is 0.312. The van der Waals surface area contributed by atoms with Gasteiger partial charge in [-0.3, -0.25) is 4.79 Å². The van der Waals surface area contributed by atoms with Gasteiger partial charge in [-0.2, -0.15) is 5.10 Å². The van der Waals surface area contributed by atoms with E-state index in [1.165, 1.54) is 0 Å². The average molecular weight is 296 g/mol. The summed E-state index contributed by atoms with van der Waals surface area (Å²) in [7, 11) is 0. The molecule has 0 atom stereocenters. The fourth-order valence-corrected chi connectivity index (χ4v) is 2.44. The molecule has 1 N–H and O–H groups in total. The first-order chi connectivity index (χ1) is 10.7. The first kappa shape index (κ1) is 13.1. The molecule has 1 aliphatic rings. The molecule has 3 heterocycles. The number of hydrogen-bond donors (Lipinski definition) is 1. The van der Waals surface area contributed by atoms with E-state index in [9.17, 15) is 4.79 Å². The normalized spacial score (nSPS) is 14.4. The molecule has 0 aliphatic heterocycles. The maximum Gasteiger partial charge on any atom is 0.270 e. The van der Waals surface area contributed by atoms with E-state index < -0.39 is 0 Å². The molecule has 0 aromatic carbocycles. The number of amides is 1. The Balaban J connectivity index is 1.78. The summed E-state index contributed by atoms with van der Waals surface area (Å²) < 4.78 is 7.15. The predicted molar refractivity (Wildman–Crippen MR) is 80.6 cm³/mol. The molecular formula is C16H16N4O2. The van der Waals surface area contributed by atoms with Crippen LogP contribution in [0.15, 0.2) is 34.9 Å². The molecule has 1 fully saturated rings. The van der Waals surface area contributed by atoms with Crippen LogP contribution in [0.25, 0.3) is 17.1 Å². The van der Waals surface area contributed by atoms with Crippen molar-refractivity contribution in [1.82, 2.24) is 19.9 Å². The van der Waals surface area contributed by atoms with Gasteiger partial charge >= 0.3 is 0 Å². The highest BCUT2D eigenvalue weighted by Crippen LogP contribution is 2.22. The van der Waals surface area contributed by atoms with Crippen LogP contribution in [-0.2, 0) is 6.42 Å². The minimum Gasteiger partial charge on any atom is -0.463 e. The Morgan fingerprint density at radius 1 is 1.45 bits per heavy atom. The zero-order valence-electron chi connectivity index (χ0n) is 12.2. The van der Waals surface area contributed by atoms with Crippen LogP contribution in [0.5, 0.6) is 0 Å². The monoisotopic (exact) mass is 296 g/mol. The molecule has 1 amide bonds. The van der Waals surface area contributed by atoms with Gasteiger partial charge in [0.25, 0.3) is 5.91 Å². The molecule has 4 rings (SSSR count). The van der Waals surface area contributed by atoms with Gasteiger partial charge in [-0.1, -0.05) is 6.92 Å². The minimum atomic E-state index is -0.111. The van der Waals surface area contributed by atoms with Gasteiger partial charge in [0, 0.05) is 17.8 Å². The predicted octanol–water partition coefficient (Wildman–Crippen LogP) is 2.44. The molecule has 112 valence electrons. The third-order valence-electron chi connectivity index (χ3n) is 3.78. The number of aromatic nitrogens is 3. The fourth-order valence-electron chi connectivity index (χ4n) is 2.44. The van der Waals surface area contributed by atoms with Crippen LogP contribution in [0.2, 0.25) is 0 Å². The molecule has 0 radical (unpaired) electrons. The Kier molecular flexibility index (Phi) is 2.96. The zero-order chi connectivity index (χ0) is 15.1. The van der Waals surface area contributed by atoms with Crippen LogP contribution in [0, 0.1) is 0 Å².